The summed E-state index contributed by atoms with van der Waals surface area (Å²) in [7, 11) is 1.87. The molecule has 0 amide bonds. The summed E-state index contributed by atoms with van der Waals surface area (Å²) in [5, 5.41) is 12.4. The number of aromatic hydroxyl groups is 1. The first-order chi connectivity index (χ1) is 6.15. The van der Waals surface area contributed by atoms with Gasteiger partial charge in [-0.15, -0.1) is 0 Å². The molecule has 0 fully saturated rings. The zero-order valence-corrected chi connectivity index (χ0v) is 9.10. The van der Waals surface area contributed by atoms with Gasteiger partial charge in [-0.2, -0.15) is 0 Å². The molecule has 0 atom stereocenters. The molecule has 0 unspecified atom stereocenters. The topological polar surface area (TPSA) is 32.3 Å². The average Bonchev–Trinajstić information content (AvgIpc) is 2.16. The van der Waals surface area contributed by atoms with Gasteiger partial charge < -0.3 is 10.4 Å². The number of phenols is 1. The highest BCUT2D eigenvalue weighted by atomic mass is 16.3. The summed E-state index contributed by atoms with van der Waals surface area (Å²) < 4.78 is 0. The lowest BCUT2D eigenvalue weighted by Gasteiger charge is -2.06. The summed E-state index contributed by atoms with van der Waals surface area (Å²) in [5.74, 6) is 0.393. The van der Waals surface area contributed by atoms with E-state index in [0.717, 1.165) is 16.8 Å². The van der Waals surface area contributed by atoms with Crippen molar-refractivity contribution in [2.75, 3.05) is 12.4 Å². The van der Waals surface area contributed by atoms with Crippen molar-refractivity contribution >= 4 is 5.69 Å². The molecule has 0 saturated heterocycles. The fourth-order valence-electron chi connectivity index (χ4n) is 1.10. The molecule has 0 radical (unpaired) electrons. The number of hydrogen-bond donors (Lipinski definition) is 2. The van der Waals surface area contributed by atoms with Gasteiger partial charge in [0.05, 0.1) is 0 Å². The first kappa shape index (κ1) is 11.8. The van der Waals surface area contributed by atoms with E-state index in [4.69, 9.17) is 0 Å². The molecule has 0 bridgehead atoms. The van der Waals surface area contributed by atoms with Gasteiger partial charge >= 0.3 is 0 Å². The summed E-state index contributed by atoms with van der Waals surface area (Å²) in [6.07, 6.45) is 0. The summed E-state index contributed by atoms with van der Waals surface area (Å²) >= 11 is 0. The van der Waals surface area contributed by atoms with Gasteiger partial charge in [-0.1, -0.05) is 13.8 Å². The van der Waals surface area contributed by atoms with Crippen molar-refractivity contribution in [1.29, 1.82) is 0 Å². The Morgan fingerprint density at radius 3 is 1.77 bits per heavy atom. The molecule has 1 rings (SSSR count). The number of hydrogen-bond acceptors (Lipinski definition) is 2. The van der Waals surface area contributed by atoms with E-state index in [0.29, 0.717) is 5.75 Å². The van der Waals surface area contributed by atoms with Crippen LogP contribution in [0.4, 0.5) is 5.69 Å². The maximum Gasteiger partial charge on any atom is 0.121 e. The van der Waals surface area contributed by atoms with Gasteiger partial charge in [0.25, 0.3) is 0 Å². The van der Waals surface area contributed by atoms with Gasteiger partial charge in [0.2, 0.25) is 0 Å². The molecule has 0 saturated carbocycles. The zero-order chi connectivity index (χ0) is 10.4. The lowest BCUT2D eigenvalue weighted by atomic mass is 10.1. The number of rotatable bonds is 1. The van der Waals surface area contributed by atoms with Gasteiger partial charge in [-0.05, 0) is 37.1 Å². The Hall–Kier alpha value is -1.18. The van der Waals surface area contributed by atoms with Crippen LogP contribution >= 0.6 is 0 Å². The van der Waals surface area contributed by atoms with Gasteiger partial charge in [0, 0.05) is 12.7 Å². The summed E-state index contributed by atoms with van der Waals surface area (Å²) in [6.45, 7) is 7.78. The maximum absolute atomic E-state index is 9.40. The van der Waals surface area contributed by atoms with E-state index >= 15 is 0 Å². The molecule has 0 spiro atoms. The first-order valence-electron chi connectivity index (χ1n) is 4.63. The van der Waals surface area contributed by atoms with Crippen LogP contribution in [0.15, 0.2) is 12.1 Å². The number of benzene rings is 1. The Morgan fingerprint density at radius 2 is 1.46 bits per heavy atom. The van der Waals surface area contributed by atoms with Crippen LogP contribution < -0.4 is 5.32 Å². The second-order valence-corrected chi connectivity index (χ2v) is 2.71. The largest absolute Gasteiger partial charge is 0.507 e. The van der Waals surface area contributed by atoms with Crippen molar-refractivity contribution in [3.63, 3.8) is 0 Å². The molecule has 2 heteroatoms. The predicted molar refractivity (Wildman–Crippen MR) is 58.5 cm³/mol. The molecule has 1 aromatic rings. The van der Waals surface area contributed by atoms with Crippen LogP contribution in [0.5, 0.6) is 5.75 Å². The minimum absolute atomic E-state index is 0.393. The molecule has 0 aliphatic carbocycles. The van der Waals surface area contributed by atoms with Crippen LogP contribution in [0.3, 0.4) is 0 Å². The molecular weight excluding hydrogens is 162 g/mol. The summed E-state index contributed by atoms with van der Waals surface area (Å²) in [6, 6.07) is 3.84. The Balaban J connectivity index is 0.000000671. The minimum Gasteiger partial charge on any atom is -0.507 e. The molecule has 0 aliphatic heterocycles. The maximum atomic E-state index is 9.40. The Labute approximate surface area is 80.6 Å². The second kappa shape index (κ2) is 5.46. The highest BCUT2D eigenvalue weighted by Crippen LogP contribution is 2.24. The van der Waals surface area contributed by atoms with Crippen molar-refractivity contribution in [3.05, 3.63) is 23.3 Å². The third-order valence-corrected chi connectivity index (χ3v) is 1.78. The van der Waals surface area contributed by atoms with Crippen LogP contribution in [0.1, 0.15) is 25.0 Å². The van der Waals surface area contributed by atoms with Crippen molar-refractivity contribution < 1.29 is 5.11 Å². The van der Waals surface area contributed by atoms with E-state index < -0.39 is 0 Å². The van der Waals surface area contributed by atoms with Gasteiger partial charge in [-0.25, -0.2) is 0 Å². The normalized spacial score (nSPS) is 8.69. The van der Waals surface area contributed by atoms with Gasteiger partial charge in [0.1, 0.15) is 5.75 Å². The molecule has 1 aromatic carbocycles. The van der Waals surface area contributed by atoms with Crippen molar-refractivity contribution in [3.8, 4) is 5.75 Å². The Morgan fingerprint density at radius 1 is 1.08 bits per heavy atom. The van der Waals surface area contributed by atoms with Gasteiger partial charge in [0.15, 0.2) is 0 Å². The van der Waals surface area contributed by atoms with Crippen molar-refractivity contribution in [1.82, 2.24) is 0 Å². The Bertz CT molecular complexity index is 246. The van der Waals surface area contributed by atoms with E-state index in [9.17, 15) is 5.11 Å². The van der Waals surface area contributed by atoms with Crippen LogP contribution in [0.2, 0.25) is 0 Å². The Kier molecular flexibility index (Phi) is 4.97. The molecule has 0 aromatic heterocycles. The number of aryl methyl sites for hydroxylation is 2. The highest BCUT2D eigenvalue weighted by Gasteiger charge is 2.00. The number of phenolic OH excluding ortho intramolecular Hbond substituents is 1. The molecule has 2 nitrogen and oxygen atoms in total. The number of nitrogens with one attached hydrogen (secondary N) is 1. The van der Waals surface area contributed by atoms with Crippen LogP contribution in [-0.2, 0) is 0 Å². The van der Waals surface area contributed by atoms with Crippen LogP contribution in [0, 0.1) is 13.8 Å². The SMILES string of the molecule is CC.CNc1cc(C)c(O)c(C)c1. The fourth-order valence-corrected chi connectivity index (χ4v) is 1.10. The minimum atomic E-state index is 0.393. The molecular formula is C11H19NO. The quantitative estimate of drug-likeness (QED) is 0.652. The second-order valence-electron chi connectivity index (χ2n) is 2.71. The molecule has 0 heterocycles. The van der Waals surface area contributed by atoms with Crippen molar-refractivity contribution in [2.45, 2.75) is 27.7 Å². The summed E-state index contributed by atoms with van der Waals surface area (Å²) in [5.41, 5.74) is 2.86. The standard InChI is InChI=1S/C9H13NO.C2H6/c1-6-4-8(10-3)5-7(2)9(6)11;1-2/h4-5,10-11H,1-3H3;1-2H3. The predicted octanol–water partition coefficient (Wildman–Crippen LogP) is 3.08. The molecule has 13 heavy (non-hydrogen) atoms. The van der Waals surface area contributed by atoms with E-state index in [1.807, 2.05) is 46.9 Å². The van der Waals surface area contributed by atoms with Crippen LogP contribution in [-0.4, -0.2) is 12.2 Å². The third-order valence-electron chi connectivity index (χ3n) is 1.78. The van der Waals surface area contributed by atoms with E-state index in [2.05, 4.69) is 5.32 Å². The van der Waals surface area contributed by atoms with Crippen molar-refractivity contribution in [2.24, 2.45) is 0 Å². The smallest absolute Gasteiger partial charge is 0.121 e. The fraction of sp³-hybridized carbons (Fsp3) is 0.455. The molecule has 0 aliphatic rings. The van der Waals surface area contributed by atoms with Gasteiger partial charge in [-0.3, -0.25) is 0 Å². The van der Waals surface area contributed by atoms with E-state index in [1.54, 1.807) is 0 Å². The van der Waals surface area contributed by atoms with E-state index in [1.165, 1.54) is 0 Å². The van der Waals surface area contributed by atoms with Crippen LogP contribution in [0.25, 0.3) is 0 Å². The zero-order valence-electron chi connectivity index (χ0n) is 9.10. The average molecular weight is 181 g/mol. The summed E-state index contributed by atoms with van der Waals surface area (Å²) in [4.78, 5) is 0. The lowest BCUT2D eigenvalue weighted by molar-refractivity contribution is 0.467. The lowest BCUT2D eigenvalue weighted by Crippen LogP contribution is -1.90. The molecule has 74 valence electrons. The number of anilines is 1. The third kappa shape index (κ3) is 2.98. The monoisotopic (exact) mass is 181 g/mol. The van der Waals surface area contributed by atoms with E-state index in [-0.39, 0.29) is 0 Å². The first-order valence-corrected chi connectivity index (χ1v) is 4.63. The highest BCUT2D eigenvalue weighted by molar-refractivity contribution is 5.54. The molecule has 2 N–H and O–H groups in total.